The Bertz CT molecular complexity index is 709. The van der Waals surface area contributed by atoms with Crippen molar-refractivity contribution >= 4 is 23.7 Å². The monoisotopic (exact) mass is 394 g/mol. The number of carbonyl (C=O) groups excluding carboxylic acids is 4. The second-order valence-electron chi connectivity index (χ2n) is 6.04. The molecule has 0 aliphatic heterocycles. The number of aliphatic hydroxyl groups is 1. The maximum atomic E-state index is 13.0. The Labute approximate surface area is 163 Å². The Morgan fingerprint density at radius 1 is 0.929 bits per heavy atom. The van der Waals surface area contributed by atoms with Crippen LogP contribution in [-0.4, -0.2) is 54.2 Å². The van der Waals surface area contributed by atoms with E-state index in [1.54, 1.807) is 19.1 Å². The highest BCUT2D eigenvalue weighted by atomic mass is 16.6. The molecule has 2 atom stereocenters. The quantitative estimate of drug-likeness (QED) is 0.275. The molecule has 1 N–H and O–H groups in total. The van der Waals surface area contributed by atoms with E-state index in [9.17, 15) is 24.3 Å². The van der Waals surface area contributed by atoms with Crippen molar-refractivity contribution in [2.75, 3.05) is 19.8 Å². The first-order chi connectivity index (χ1) is 13.2. The summed E-state index contributed by atoms with van der Waals surface area (Å²) in [6.07, 6.45) is -0.930. The molecule has 0 heterocycles. The molecule has 0 bridgehead atoms. The summed E-state index contributed by atoms with van der Waals surface area (Å²) in [6, 6.07) is 6.20. The molecule has 0 saturated heterocycles. The maximum Gasteiger partial charge on any atom is 0.340 e. The van der Waals surface area contributed by atoms with Gasteiger partial charge in [-0.2, -0.15) is 0 Å². The van der Waals surface area contributed by atoms with Gasteiger partial charge < -0.3 is 19.3 Å². The summed E-state index contributed by atoms with van der Waals surface area (Å²) in [5.74, 6) is -6.21. The Balaban J connectivity index is 3.46. The molecule has 28 heavy (non-hydrogen) atoms. The van der Waals surface area contributed by atoms with Gasteiger partial charge in [0.15, 0.2) is 17.3 Å². The van der Waals surface area contributed by atoms with Gasteiger partial charge in [-0.3, -0.25) is 14.4 Å². The molecule has 0 fully saturated rings. The molecular weight excluding hydrogens is 368 g/mol. The van der Waals surface area contributed by atoms with Crippen LogP contribution >= 0.6 is 0 Å². The van der Waals surface area contributed by atoms with Gasteiger partial charge in [-0.15, -0.1) is 0 Å². The molecule has 8 nitrogen and oxygen atoms in total. The highest BCUT2D eigenvalue weighted by Gasteiger charge is 2.55. The third-order valence-corrected chi connectivity index (χ3v) is 3.95. The number of hydrogen-bond donors (Lipinski definition) is 1. The third kappa shape index (κ3) is 5.63. The number of aryl methyl sites for hydroxylation is 1. The van der Waals surface area contributed by atoms with Crippen molar-refractivity contribution in [2.24, 2.45) is 5.92 Å². The summed E-state index contributed by atoms with van der Waals surface area (Å²) >= 11 is 0. The lowest BCUT2D eigenvalue weighted by Crippen LogP contribution is -2.55. The third-order valence-electron chi connectivity index (χ3n) is 3.95. The van der Waals surface area contributed by atoms with Crippen LogP contribution in [0.25, 0.3) is 0 Å². The molecule has 1 rings (SSSR count). The lowest BCUT2D eigenvalue weighted by atomic mass is 9.79. The van der Waals surface area contributed by atoms with Gasteiger partial charge in [-0.1, -0.05) is 29.8 Å². The fourth-order valence-electron chi connectivity index (χ4n) is 2.61. The second-order valence-corrected chi connectivity index (χ2v) is 6.04. The zero-order valence-electron chi connectivity index (χ0n) is 16.5. The highest BCUT2D eigenvalue weighted by Crippen LogP contribution is 2.29. The van der Waals surface area contributed by atoms with Crippen LogP contribution in [0.4, 0.5) is 0 Å². The van der Waals surface area contributed by atoms with Crippen LogP contribution in [0.3, 0.4) is 0 Å². The minimum atomic E-state index is -2.77. The lowest BCUT2D eigenvalue weighted by Gasteiger charge is -2.30. The first-order valence-corrected chi connectivity index (χ1v) is 9.03. The fraction of sp³-hybridized carbons (Fsp3) is 0.500. The van der Waals surface area contributed by atoms with Gasteiger partial charge in [0.1, 0.15) is 0 Å². The van der Waals surface area contributed by atoms with Crippen molar-refractivity contribution in [3.05, 3.63) is 35.4 Å². The summed E-state index contributed by atoms with van der Waals surface area (Å²) in [6.45, 7) is 6.14. The van der Waals surface area contributed by atoms with Crippen molar-refractivity contribution < 1.29 is 38.5 Å². The lowest BCUT2D eigenvalue weighted by molar-refractivity contribution is -0.182. The number of esters is 3. The molecule has 154 valence electrons. The van der Waals surface area contributed by atoms with Crippen molar-refractivity contribution in [2.45, 2.75) is 39.7 Å². The second kappa shape index (κ2) is 10.6. The van der Waals surface area contributed by atoms with Gasteiger partial charge in [0.05, 0.1) is 26.2 Å². The molecule has 0 aliphatic rings. The number of hydrogen-bond acceptors (Lipinski definition) is 8. The van der Waals surface area contributed by atoms with E-state index in [1.165, 1.54) is 26.0 Å². The molecule has 1 aromatic rings. The number of carbonyl (C=O) groups is 4. The molecule has 0 spiro atoms. The maximum absolute atomic E-state index is 13.0. The zero-order valence-corrected chi connectivity index (χ0v) is 16.5. The molecule has 0 aromatic heterocycles. The predicted octanol–water partition coefficient (Wildman–Crippen LogP) is 1.60. The largest absolute Gasteiger partial charge is 0.466 e. The van der Waals surface area contributed by atoms with E-state index in [2.05, 4.69) is 0 Å². The van der Waals surface area contributed by atoms with E-state index < -0.39 is 41.6 Å². The Hall–Kier alpha value is -2.74. The Morgan fingerprint density at radius 2 is 1.46 bits per heavy atom. The van der Waals surface area contributed by atoms with E-state index in [0.717, 1.165) is 5.56 Å². The average Bonchev–Trinajstić information content (AvgIpc) is 2.62. The number of Topliss-reactive ketones (excluding diaryl/α,β-unsaturated/α-hetero) is 1. The standard InChI is InChI=1S/C20H26O8/c1-5-26-15(21)12-20(25,19(24)28-7-3)16(18(23)27-6-2)17(22)14-10-8-13(4)9-11-14/h8-11,16,25H,5-7,12H2,1-4H3. The number of ketones is 1. The van der Waals surface area contributed by atoms with Crippen molar-refractivity contribution in [3.63, 3.8) is 0 Å². The smallest absolute Gasteiger partial charge is 0.340 e. The summed E-state index contributed by atoms with van der Waals surface area (Å²) < 4.78 is 14.5. The van der Waals surface area contributed by atoms with Gasteiger partial charge in [0.2, 0.25) is 0 Å². The van der Waals surface area contributed by atoms with Gasteiger partial charge in [-0.05, 0) is 27.7 Å². The number of ether oxygens (including phenoxy) is 3. The predicted molar refractivity (Wildman–Crippen MR) is 98.5 cm³/mol. The fourth-order valence-corrected chi connectivity index (χ4v) is 2.61. The van der Waals surface area contributed by atoms with Gasteiger partial charge in [0.25, 0.3) is 0 Å². The first-order valence-electron chi connectivity index (χ1n) is 9.03. The Kier molecular flexibility index (Phi) is 8.78. The summed E-state index contributed by atoms with van der Waals surface area (Å²) in [5.41, 5.74) is -1.82. The van der Waals surface area contributed by atoms with E-state index in [1.807, 2.05) is 6.92 Å². The summed E-state index contributed by atoms with van der Waals surface area (Å²) in [7, 11) is 0. The highest BCUT2D eigenvalue weighted by molar-refractivity contribution is 6.13. The van der Waals surface area contributed by atoms with Gasteiger partial charge in [-0.25, -0.2) is 4.79 Å². The van der Waals surface area contributed by atoms with E-state index >= 15 is 0 Å². The van der Waals surface area contributed by atoms with Crippen LogP contribution in [-0.2, 0) is 28.6 Å². The van der Waals surface area contributed by atoms with Crippen LogP contribution in [0.1, 0.15) is 43.1 Å². The van der Waals surface area contributed by atoms with E-state index in [0.29, 0.717) is 0 Å². The van der Waals surface area contributed by atoms with Crippen molar-refractivity contribution in [1.29, 1.82) is 0 Å². The van der Waals surface area contributed by atoms with Crippen molar-refractivity contribution in [3.8, 4) is 0 Å². The molecule has 0 aliphatic carbocycles. The minimum Gasteiger partial charge on any atom is -0.466 e. The molecule has 0 amide bonds. The van der Waals surface area contributed by atoms with Crippen molar-refractivity contribution in [1.82, 2.24) is 0 Å². The SMILES string of the molecule is CCOC(=O)CC(O)(C(=O)OCC)C(C(=O)OCC)C(=O)c1ccc(C)cc1. The summed E-state index contributed by atoms with van der Waals surface area (Å²) in [5, 5.41) is 11.1. The van der Waals surface area contributed by atoms with E-state index in [4.69, 9.17) is 14.2 Å². The molecule has 8 heteroatoms. The molecule has 2 unspecified atom stereocenters. The van der Waals surface area contributed by atoms with E-state index in [-0.39, 0.29) is 25.4 Å². The molecule has 0 radical (unpaired) electrons. The van der Waals surface area contributed by atoms with Crippen LogP contribution in [0.15, 0.2) is 24.3 Å². The topological polar surface area (TPSA) is 116 Å². The normalized spacial score (nSPS) is 13.8. The Morgan fingerprint density at radius 3 is 1.96 bits per heavy atom. The van der Waals surface area contributed by atoms with Crippen LogP contribution in [0.5, 0.6) is 0 Å². The average molecular weight is 394 g/mol. The van der Waals surface area contributed by atoms with Gasteiger partial charge in [0, 0.05) is 5.56 Å². The number of rotatable bonds is 10. The number of benzene rings is 1. The zero-order chi connectivity index (χ0) is 21.3. The van der Waals surface area contributed by atoms with Crippen LogP contribution in [0, 0.1) is 12.8 Å². The molecular formula is C20H26O8. The minimum absolute atomic E-state index is 0.00623. The van der Waals surface area contributed by atoms with Gasteiger partial charge >= 0.3 is 17.9 Å². The molecule has 1 aromatic carbocycles. The molecule has 0 saturated carbocycles. The summed E-state index contributed by atoms with van der Waals surface area (Å²) in [4.78, 5) is 50.1. The van der Waals surface area contributed by atoms with Crippen LogP contribution in [0.2, 0.25) is 0 Å². The van der Waals surface area contributed by atoms with Crippen LogP contribution < -0.4 is 0 Å². The first kappa shape index (κ1) is 23.3.